The molecule has 0 aromatic heterocycles. The molecule has 0 saturated carbocycles. The summed E-state index contributed by atoms with van der Waals surface area (Å²) in [6.45, 7) is 1.40. The average molecular weight is 174 g/mol. The normalized spacial score (nSPS) is 8.92. The van der Waals surface area contributed by atoms with Crippen LogP contribution in [0.25, 0.3) is 0 Å². The predicted molar refractivity (Wildman–Crippen MR) is 50.0 cm³/mol. The highest BCUT2D eigenvalue weighted by Crippen LogP contribution is 2.07. The number of nitro groups is 1. The lowest BCUT2D eigenvalue weighted by Crippen LogP contribution is -2.24. The van der Waals surface area contributed by atoms with Crippen LogP contribution in [0.15, 0.2) is 24.3 Å². The molecule has 1 aromatic rings. The molecule has 0 N–H and O–H groups in total. The number of hydrogen-bond donors (Lipinski definition) is 0. The van der Waals surface area contributed by atoms with E-state index >= 15 is 0 Å². The van der Waals surface area contributed by atoms with Gasteiger partial charge in [-0.05, 0) is 0 Å². The number of rotatable bonds is 2. The number of hydrogen-bond acceptors (Lipinski definition) is 3. The Hall–Kier alpha value is -1.83. The molecule has 5 heteroatoms. The molecule has 0 unspecified atom stereocenters. The Balaban J connectivity index is 3.07. The van der Waals surface area contributed by atoms with Gasteiger partial charge in [-0.3, -0.25) is 10.1 Å². The Morgan fingerprint density at radius 3 is 2.85 bits per heavy atom. The number of nitrogens with zero attached hydrogens (tertiary/aromatic N) is 2. The summed E-state index contributed by atoms with van der Waals surface area (Å²) < 4.78 is 0. The van der Waals surface area contributed by atoms with Crippen LogP contribution < -0.4 is 5.46 Å². The van der Waals surface area contributed by atoms with Crippen LogP contribution >= 0.6 is 0 Å². The Morgan fingerprint density at radius 2 is 2.31 bits per heavy atom. The Bertz CT molecular complexity index is 373. The van der Waals surface area contributed by atoms with Crippen LogP contribution in [0.4, 0.5) is 5.69 Å². The van der Waals surface area contributed by atoms with Crippen LogP contribution in [0.3, 0.4) is 0 Å². The maximum atomic E-state index is 10.4. The van der Waals surface area contributed by atoms with Gasteiger partial charge in [-0.15, -0.1) is 0 Å². The maximum absolute atomic E-state index is 10.4. The molecular weight excluding hydrogens is 167 g/mol. The third-order valence-corrected chi connectivity index (χ3v) is 1.77. The summed E-state index contributed by atoms with van der Waals surface area (Å²) in [6.07, 6.45) is 0. The van der Waals surface area contributed by atoms with E-state index < -0.39 is 4.92 Å². The van der Waals surface area contributed by atoms with Gasteiger partial charge in [0.25, 0.3) is 12.4 Å². The van der Waals surface area contributed by atoms with Gasteiger partial charge >= 0.3 is 0 Å². The van der Waals surface area contributed by atoms with Gasteiger partial charge in [-0.1, -0.05) is 24.4 Å². The molecule has 0 fully saturated rings. The van der Waals surface area contributed by atoms with Crippen LogP contribution in [0.5, 0.6) is 0 Å². The van der Waals surface area contributed by atoms with Crippen molar-refractivity contribution in [1.29, 1.82) is 5.26 Å². The quantitative estimate of drug-likeness (QED) is 0.381. The largest absolute Gasteiger partial charge is 0.297 e. The topological polar surface area (TPSA) is 66.9 Å². The minimum Gasteiger partial charge on any atom is -0.258 e. The molecule has 0 aliphatic heterocycles. The van der Waals surface area contributed by atoms with E-state index in [1.165, 1.54) is 12.1 Å². The molecule has 0 saturated heterocycles. The lowest BCUT2D eigenvalue weighted by Gasteiger charge is -1.97. The third-order valence-electron chi connectivity index (χ3n) is 1.77. The molecule has 0 aliphatic carbocycles. The summed E-state index contributed by atoms with van der Waals surface area (Å²) in [6, 6.07) is 6.13. The zero-order chi connectivity index (χ0) is 9.84. The fourth-order valence-corrected chi connectivity index (χ4v) is 0.982. The molecule has 0 atom stereocenters. The summed E-state index contributed by atoms with van der Waals surface area (Å²) in [7, 11) is 0. The summed E-state index contributed by atoms with van der Waals surface area (Å²) >= 11 is 0. The number of nitro benzene ring substituents is 1. The van der Waals surface area contributed by atoms with Crippen molar-refractivity contribution in [3.05, 3.63) is 34.4 Å². The second kappa shape index (κ2) is 3.72. The summed E-state index contributed by atoms with van der Waals surface area (Å²) in [5, 5.41) is 19.0. The van der Waals surface area contributed by atoms with E-state index in [1.54, 1.807) is 19.0 Å². The minimum atomic E-state index is -0.465. The smallest absolute Gasteiger partial charge is 0.258 e. The van der Waals surface area contributed by atoms with Crippen molar-refractivity contribution < 1.29 is 4.92 Å². The van der Waals surface area contributed by atoms with Crippen LogP contribution in [0.2, 0.25) is 6.82 Å². The number of benzene rings is 1. The standard InChI is InChI=1S/C8H7BN2O2/c1-9(6-10)7-3-2-4-8(5-7)11(12)13/h2-5H,1H3. The van der Waals surface area contributed by atoms with Crippen molar-refractivity contribution in [2.24, 2.45) is 0 Å². The molecule has 0 aliphatic rings. The zero-order valence-corrected chi connectivity index (χ0v) is 7.10. The average Bonchev–Trinajstić information content (AvgIpc) is 2.17. The first-order valence-electron chi connectivity index (χ1n) is 3.79. The summed E-state index contributed by atoms with van der Waals surface area (Å²) in [5.41, 5.74) is 0.705. The lowest BCUT2D eigenvalue weighted by molar-refractivity contribution is -0.384. The van der Waals surface area contributed by atoms with Gasteiger partial charge in [-0.25, -0.2) is 5.26 Å². The Labute approximate surface area is 76.0 Å². The monoisotopic (exact) mass is 174 g/mol. The van der Waals surface area contributed by atoms with Gasteiger partial charge in [-0.2, -0.15) is 0 Å². The van der Waals surface area contributed by atoms with E-state index in [2.05, 4.69) is 0 Å². The molecule has 0 bridgehead atoms. The van der Waals surface area contributed by atoms with Crippen molar-refractivity contribution in [2.75, 3.05) is 0 Å². The van der Waals surface area contributed by atoms with Crippen molar-refractivity contribution in [3.63, 3.8) is 0 Å². The van der Waals surface area contributed by atoms with E-state index in [4.69, 9.17) is 5.26 Å². The maximum Gasteiger partial charge on any atom is 0.297 e. The summed E-state index contributed by atoms with van der Waals surface area (Å²) in [5.74, 6) is 2.02. The van der Waals surface area contributed by atoms with Crippen LogP contribution in [-0.2, 0) is 0 Å². The molecule has 0 radical (unpaired) electrons. The fourth-order valence-electron chi connectivity index (χ4n) is 0.982. The fraction of sp³-hybridized carbons (Fsp3) is 0.125. The Kier molecular flexibility index (Phi) is 2.65. The molecular formula is C8H7BN2O2. The Morgan fingerprint density at radius 1 is 1.62 bits per heavy atom. The van der Waals surface area contributed by atoms with Gasteiger partial charge < -0.3 is 0 Å². The first-order valence-corrected chi connectivity index (χ1v) is 3.79. The molecule has 1 aromatic carbocycles. The second-order valence-electron chi connectivity index (χ2n) is 2.70. The van der Waals surface area contributed by atoms with E-state index in [1.807, 2.05) is 5.97 Å². The number of nitriles is 1. The molecule has 4 nitrogen and oxygen atoms in total. The zero-order valence-electron chi connectivity index (χ0n) is 7.10. The molecule has 1 rings (SSSR count). The molecule has 0 amide bonds. The lowest BCUT2D eigenvalue weighted by atomic mass is 9.49. The van der Waals surface area contributed by atoms with Gasteiger partial charge in [0.05, 0.1) is 4.92 Å². The van der Waals surface area contributed by atoms with E-state index in [-0.39, 0.29) is 12.4 Å². The van der Waals surface area contributed by atoms with E-state index in [0.29, 0.717) is 5.46 Å². The van der Waals surface area contributed by atoms with Crippen molar-refractivity contribution in [2.45, 2.75) is 6.82 Å². The molecule has 64 valence electrons. The van der Waals surface area contributed by atoms with Crippen LogP contribution in [-0.4, -0.2) is 11.6 Å². The van der Waals surface area contributed by atoms with Crippen molar-refractivity contribution in [1.82, 2.24) is 0 Å². The first kappa shape index (κ1) is 9.26. The number of non-ortho nitro benzene ring substituents is 1. The first-order chi connectivity index (χ1) is 6.15. The van der Waals surface area contributed by atoms with Gasteiger partial charge in [0, 0.05) is 18.1 Å². The summed E-state index contributed by atoms with van der Waals surface area (Å²) in [4.78, 5) is 9.92. The van der Waals surface area contributed by atoms with Crippen LogP contribution in [0.1, 0.15) is 0 Å². The second-order valence-corrected chi connectivity index (χ2v) is 2.70. The van der Waals surface area contributed by atoms with E-state index in [9.17, 15) is 10.1 Å². The highest BCUT2D eigenvalue weighted by Gasteiger charge is 2.12. The molecule has 13 heavy (non-hydrogen) atoms. The van der Waals surface area contributed by atoms with Crippen molar-refractivity contribution >= 4 is 17.9 Å². The molecule has 0 heterocycles. The van der Waals surface area contributed by atoms with Crippen LogP contribution in [0, 0.1) is 21.3 Å². The SMILES string of the molecule is CB(C#N)c1cccc([N+](=O)[O-])c1. The van der Waals surface area contributed by atoms with Crippen molar-refractivity contribution in [3.8, 4) is 5.97 Å². The highest BCUT2D eigenvalue weighted by molar-refractivity contribution is 6.78. The minimum absolute atomic E-state index is 0.0274. The van der Waals surface area contributed by atoms with Gasteiger partial charge in [0.1, 0.15) is 0 Å². The predicted octanol–water partition coefficient (Wildman–Crippen LogP) is 0.989. The van der Waals surface area contributed by atoms with Gasteiger partial charge in [0.2, 0.25) is 0 Å². The third kappa shape index (κ3) is 2.06. The molecule has 0 spiro atoms. The highest BCUT2D eigenvalue weighted by atomic mass is 16.6. The van der Waals surface area contributed by atoms with E-state index in [0.717, 1.165) is 0 Å². The van der Waals surface area contributed by atoms with Gasteiger partial charge in [0.15, 0.2) is 0 Å².